The largest absolute Gasteiger partial charge is 0.478 e. The molecule has 0 saturated carbocycles. The molecule has 7 nitrogen and oxygen atoms in total. The number of carbonyl (C=O) groups is 2. The van der Waals surface area contributed by atoms with E-state index in [4.69, 9.17) is 49.7 Å². The Kier molecular flexibility index (Phi) is 9.07. The summed E-state index contributed by atoms with van der Waals surface area (Å²) in [6.07, 6.45) is 0.571. The molecule has 1 aromatic heterocycles. The second kappa shape index (κ2) is 12.5. The number of nitrogens with one attached hydrogen (secondary N) is 1. The maximum atomic E-state index is 12.3. The van der Waals surface area contributed by atoms with Crippen LogP contribution in [0.1, 0.15) is 27.2 Å². The minimum absolute atomic E-state index is 0.120. The zero-order valence-corrected chi connectivity index (χ0v) is 22.6. The minimum atomic E-state index is -0.973. The molecule has 0 fully saturated rings. The van der Waals surface area contributed by atoms with Crippen LogP contribution in [0.3, 0.4) is 0 Å². The Balaban J connectivity index is 1.42. The summed E-state index contributed by atoms with van der Waals surface area (Å²) in [7, 11) is 0. The molecule has 4 rings (SSSR count). The quantitative estimate of drug-likeness (QED) is 0.230. The summed E-state index contributed by atoms with van der Waals surface area (Å²) in [4.78, 5) is 23.2. The third-order valence-electron chi connectivity index (χ3n) is 5.88. The number of amides is 1. The van der Waals surface area contributed by atoms with E-state index in [-0.39, 0.29) is 24.7 Å². The number of aromatic nitrogens is 2. The summed E-state index contributed by atoms with van der Waals surface area (Å²) in [5.41, 5.74) is 5.06. The molecule has 0 saturated heterocycles. The van der Waals surface area contributed by atoms with Crippen molar-refractivity contribution in [3.8, 4) is 16.9 Å². The molecule has 196 valence electrons. The number of aromatic carboxylic acids is 1. The van der Waals surface area contributed by atoms with Crippen molar-refractivity contribution in [1.29, 1.82) is 0 Å². The lowest BCUT2D eigenvalue weighted by Crippen LogP contribution is -2.29. The number of carboxylic acids is 1. The van der Waals surface area contributed by atoms with Crippen LogP contribution >= 0.6 is 34.8 Å². The van der Waals surface area contributed by atoms with Gasteiger partial charge >= 0.3 is 5.97 Å². The number of benzene rings is 3. The van der Waals surface area contributed by atoms with Gasteiger partial charge in [0.25, 0.3) is 0 Å². The molecular formula is C28H24Cl3N3O4. The van der Waals surface area contributed by atoms with Gasteiger partial charge < -0.3 is 15.2 Å². The van der Waals surface area contributed by atoms with Crippen LogP contribution in [-0.2, 0) is 22.6 Å². The maximum Gasteiger partial charge on any atom is 0.335 e. The van der Waals surface area contributed by atoms with Crippen molar-refractivity contribution in [2.75, 3.05) is 13.2 Å². The average Bonchev–Trinajstić information content (AvgIpc) is 3.20. The van der Waals surface area contributed by atoms with E-state index < -0.39 is 5.97 Å². The average molecular weight is 573 g/mol. The van der Waals surface area contributed by atoms with Crippen LogP contribution in [-0.4, -0.2) is 39.9 Å². The van der Waals surface area contributed by atoms with Gasteiger partial charge in [-0.15, -0.1) is 0 Å². The molecule has 38 heavy (non-hydrogen) atoms. The third-order valence-corrected chi connectivity index (χ3v) is 6.67. The number of rotatable bonds is 10. The summed E-state index contributed by atoms with van der Waals surface area (Å²) in [6, 6.07) is 19.2. The van der Waals surface area contributed by atoms with Gasteiger partial charge in [0, 0.05) is 27.7 Å². The third kappa shape index (κ3) is 6.74. The Labute approximate surface area is 234 Å². The van der Waals surface area contributed by atoms with Crippen LogP contribution in [0.5, 0.6) is 0 Å². The standard InChI is InChI=1S/C28H24Cl3N3O4/c1-17-24(15-38-16-26(35)32-13-12-18-2-4-20(5-3-18)28(36)37)33-34(25-11-10-22(30)14-23(25)31)27(17)19-6-8-21(29)9-7-19/h2-11,14H,12-13,15-16H2,1H3,(H,32,35)(H,36,37). The molecule has 3 aromatic carbocycles. The minimum Gasteiger partial charge on any atom is -0.478 e. The lowest BCUT2D eigenvalue weighted by Gasteiger charge is -2.11. The van der Waals surface area contributed by atoms with Crippen molar-refractivity contribution < 1.29 is 19.4 Å². The first-order valence-corrected chi connectivity index (χ1v) is 12.8. The fourth-order valence-electron chi connectivity index (χ4n) is 3.90. The lowest BCUT2D eigenvalue weighted by molar-refractivity contribution is -0.126. The SMILES string of the molecule is Cc1c(COCC(=O)NCCc2ccc(C(=O)O)cc2)nn(-c2ccc(Cl)cc2Cl)c1-c1ccc(Cl)cc1. The molecule has 0 bridgehead atoms. The topological polar surface area (TPSA) is 93.4 Å². The summed E-state index contributed by atoms with van der Waals surface area (Å²) in [5.74, 6) is -1.23. The molecule has 2 N–H and O–H groups in total. The number of halogens is 3. The second-order valence-corrected chi connectivity index (χ2v) is 9.81. The number of ether oxygens (including phenoxy) is 1. The summed E-state index contributed by atoms with van der Waals surface area (Å²) >= 11 is 18.7. The van der Waals surface area contributed by atoms with Crippen LogP contribution < -0.4 is 5.32 Å². The number of carbonyl (C=O) groups excluding carboxylic acids is 1. The molecule has 0 aliphatic carbocycles. The molecule has 0 spiro atoms. The van der Waals surface area contributed by atoms with Crippen molar-refractivity contribution in [3.05, 3.63) is 104 Å². The summed E-state index contributed by atoms with van der Waals surface area (Å²) < 4.78 is 7.43. The first-order valence-electron chi connectivity index (χ1n) is 11.7. The molecule has 1 heterocycles. The molecule has 0 radical (unpaired) electrons. The van der Waals surface area contributed by atoms with Crippen LogP contribution in [0.2, 0.25) is 15.1 Å². The lowest BCUT2D eigenvalue weighted by atomic mass is 10.1. The fraction of sp³-hybridized carbons (Fsp3) is 0.179. The zero-order valence-electron chi connectivity index (χ0n) is 20.4. The van der Waals surface area contributed by atoms with E-state index in [1.165, 1.54) is 0 Å². The highest BCUT2D eigenvalue weighted by Gasteiger charge is 2.19. The highest BCUT2D eigenvalue weighted by Crippen LogP contribution is 2.33. The monoisotopic (exact) mass is 571 g/mol. The smallest absolute Gasteiger partial charge is 0.335 e. The van der Waals surface area contributed by atoms with Crippen LogP contribution in [0.15, 0.2) is 66.7 Å². The van der Waals surface area contributed by atoms with Crippen molar-refractivity contribution in [2.24, 2.45) is 0 Å². The molecule has 0 aliphatic heterocycles. The number of carboxylic acid groups (broad SMARTS) is 1. The van der Waals surface area contributed by atoms with E-state index >= 15 is 0 Å². The van der Waals surface area contributed by atoms with Crippen LogP contribution in [0, 0.1) is 6.92 Å². The summed E-state index contributed by atoms with van der Waals surface area (Å²) in [5, 5.41) is 18.1. The van der Waals surface area contributed by atoms with Crippen molar-refractivity contribution in [3.63, 3.8) is 0 Å². The van der Waals surface area contributed by atoms with Gasteiger partial charge in [-0.25, -0.2) is 9.48 Å². The predicted molar refractivity (Wildman–Crippen MR) is 149 cm³/mol. The Hall–Kier alpha value is -3.36. The summed E-state index contributed by atoms with van der Waals surface area (Å²) in [6.45, 7) is 2.32. The van der Waals surface area contributed by atoms with Crippen molar-refractivity contribution in [2.45, 2.75) is 20.0 Å². The van der Waals surface area contributed by atoms with Crippen LogP contribution in [0.25, 0.3) is 16.9 Å². The van der Waals surface area contributed by atoms with Gasteiger partial charge in [0.15, 0.2) is 0 Å². The van der Waals surface area contributed by atoms with E-state index in [1.807, 2.05) is 19.1 Å². The van der Waals surface area contributed by atoms with Gasteiger partial charge in [-0.05, 0) is 61.4 Å². The highest BCUT2D eigenvalue weighted by atomic mass is 35.5. The van der Waals surface area contributed by atoms with E-state index in [0.717, 1.165) is 22.4 Å². The van der Waals surface area contributed by atoms with Gasteiger partial charge in [0.05, 0.1) is 34.3 Å². The Morgan fingerprint density at radius 3 is 2.32 bits per heavy atom. The van der Waals surface area contributed by atoms with E-state index in [1.54, 1.807) is 59.3 Å². The fourth-order valence-corrected chi connectivity index (χ4v) is 4.52. The number of hydrogen-bond acceptors (Lipinski definition) is 4. The molecular weight excluding hydrogens is 549 g/mol. The van der Waals surface area contributed by atoms with E-state index in [0.29, 0.717) is 39.4 Å². The molecule has 4 aromatic rings. The maximum absolute atomic E-state index is 12.3. The van der Waals surface area contributed by atoms with Crippen molar-refractivity contribution in [1.82, 2.24) is 15.1 Å². The van der Waals surface area contributed by atoms with Gasteiger partial charge in [0.1, 0.15) is 6.61 Å². The number of nitrogens with zero attached hydrogens (tertiary/aromatic N) is 2. The van der Waals surface area contributed by atoms with Gasteiger partial charge in [-0.1, -0.05) is 59.1 Å². The second-order valence-electron chi connectivity index (χ2n) is 8.53. The Morgan fingerprint density at radius 1 is 0.974 bits per heavy atom. The van der Waals surface area contributed by atoms with Gasteiger partial charge in [-0.2, -0.15) is 5.10 Å². The molecule has 10 heteroatoms. The first kappa shape index (κ1) is 27.7. The molecule has 0 aliphatic rings. The van der Waals surface area contributed by atoms with Crippen LogP contribution in [0.4, 0.5) is 0 Å². The Bertz CT molecular complexity index is 1450. The first-order chi connectivity index (χ1) is 18.2. The van der Waals surface area contributed by atoms with E-state index in [9.17, 15) is 9.59 Å². The van der Waals surface area contributed by atoms with Gasteiger partial charge in [0.2, 0.25) is 5.91 Å². The molecule has 0 unspecified atom stereocenters. The number of hydrogen-bond donors (Lipinski definition) is 2. The highest BCUT2D eigenvalue weighted by molar-refractivity contribution is 6.35. The van der Waals surface area contributed by atoms with Crippen molar-refractivity contribution >= 4 is 46.7 Å². The molecule has 0 atom stereocenters. The predicted octanol–water partition coefficient (Wildman–Crippen LogP) is 6.38. The van der Waals surface area contributed by atoms with E-state index in [2.05, 4.69) is 5.32 Å². The van der Waals surface area contributed by atoms with Gasteiger partial charge in [-0.3, -0.25) is 4.79 Å². The Morgan fingerprint density at radius 2 is 1.66 bits per heavy atom. The zero-order chi connectivity index (χ0) is 27.2. The normalized spacial score (nSPS) is 10.9. The molecule has 1 amide bonds.